The Balaban J connectivity index is 0.00000144. The minimum absolute atomic E-state index is 0. The van der Waals surface area contributed by atoms with Crippen LogP contribution in [0.2, 0.25) is 5.02 Å². The minimum atomic E-state index is 0. The number of halogens is 2. The van der Waals surface area contributed by atoms with E-state index >= 15 is 0 Å². The Morgan fingerprint density at radius 1 is 1.06 bits per heavy atom. The first kappa shape index (κ1) is 14.0. The van der Waals surface area contributed by atoms with Gasteiger partial charge in [0.2, 0.25) is 0 Å². The molecule has 0 saturated carbocycles. The third-order valence-corrected chi connectivity index (χ3v) is 2.87. The van der Waals surface area contributed by atoms with Crippen LogP contribution in [0, 0.1) is 13.8 Å². The highest BCUT2D eigenvalue weighted by atomic mass is 35.5. The highest BCUT2D eigenvalue weighted by Crippen LogP contribution is 2.14. The number of rotatable bonds is 2. The van der Waals surface area contributed by atoms with Crippen LogP contribution in [0.25, 0.3) is 0 Å². The molecule has 0 unspecified atom stereocenters. The molecule has 1 aromatic heterocycles. The number of aryl methyl sites for hydroxylation is 2. The second kappa shape index (κ2) is 6.04. The van der Waals surface area contributed by atoms with E-state index in [0.717, 1.165) is 17.1 Å². The average Bonchev–Trinajstić information content (AvgIpc) is 2.20. The molecule has 0 aliphatic rings. The van der Waals surface area contributed by atoms with Gasteiger partial charge in [0, 0.05) is 16.7 Å². The summed E-state index contributed by atoms with van der Waals surface area (Å²) in [4.78, 5) is 0. The van der Waals surface area contributed by atoms with E-state index in [1.54, 1.807) is 0 Å². The normalized spacial score (nSPS) is 9.82. The molecular weight excluding hydrogens is 253 g/mol. The van der Waals surface area contributed by atoms with Gasteiger partial charge in [0.05, 0.1) is 5.02 Å². The molecule has 17 heavy (non-hydrogen) atoms. The molecule has 0 aliphatic heterocycles. The van der Waals surface area contributed by atoms with Gasteiger partial charge >= 0.3 is 0 Å². The van der Waals surface area contributed by atoms with Crippen LogP contribution in [0.1, 0.15) is 16.7 Å². The molecule has 0 bridgehead atoms. The number of nitrogens with zero attached hydrogens (tertiary/aromatic N) is 1. The molecule has 0 spiro atoms. The van der Waals surface area contributed by atoms with Crippen molar-refractivity contribution in [3.05, 3.63) is 64.4 Å². The van der Waals surface area contributed by atoms with Gasteiger partial charge in [-0.25, -0.2) is 4.57 Å². The van der Waals surface area contributed by atoms with Crippen molar-refractivity contribution in [2.45, 2.75) is 20.4 Å². The zero-order chi connectivity index (χ0) is 11.5. The number of aromatic nitrogens is 1. The summed E-state index contributed by atoms with van der Waals surface area (Å²) in [6.45, 7) is 5.04. The van der Waals surface area contributed by atoms with E-state index < -0.39 is 0 Å². The quantitative estimate of drug-likeness (QED) is 0.690. The van der Waals surface area contributed by atoms with Crippen LogP contribution < -0.4 is 17.0 Å². The van der Waals surface area contributed by atoms with Crippen LogP contribution in [-0.2, 0) is 6.54 Å². The molecule has 1 heterocycles. The third kappa shape index (κ3) is 3.72. The van der Waals surface area contributed by atoms with Crippen LogP contribution in [0.5, 0.6) is 0 Å². The molecule has 0 saturated heterocycles. The Bertz CT molecular complexity index is 489. The first-order valence-electron chi connectivity index (χ1n) is 5.36. The summed E-state index contributed by atoms with van der Waals surface area (Å²) in [5.41, 5.74) is 3.69. The van der Waals surface area contributed by atoms with Crippen LogP contribution >= 0.6 is 11.6 Å². The van der Waals surface area contributed by atoms with Crippen molar-refractivity contribution in [1.29, 1.82) is 0 Å². The highest BCUT2D eigenvalue weighted by Gasteiger charge is 2.07. The molecule has 0 radical (unpaired) electrons. The summed E-state index contributed by atoms with van der Waals surface area (Å²) in [5.74, 6) is 0. The Labute approximate surface area is 113 Å². The molecule has 3 heteroatoms. The van der Waals surface area contributed by atoms with Crippen molar-refractivity contribution in [3.8, 4) is 0 Å². The molecule has 0 fully saturated rings. The monoisotopic (exact) mass is 267 g/mol. The molecule has 0 aliphatic carbocycles. The van der Waals surface area contributed by atoms with Gasteiger partial charge in [0.1, 0.15) is 0 Å². The Hall–Kier alpha value is -1.05. The van der Waals surface area contributed by atoms with E-state index in [4.69, 9.17) is 11.6 Å². The molecule has 0 atom stereocenters. The van der Waals surface area contributed by atoms with Gasteiger partial charge in [-0.2, -0.15) is 0 Å². The fourth-order valence-corrected chi connectivity index (χ4v) is 2.10. The smallest absolute Gasteiger partial charge is 0.175 e. The Kier molecular flexibility index (Phi) is 4.98. The summed E-state index contributed by atoms with van der Waals surface area (Å²) in [6, 6.07) is 10.1. The van der Waals surface area contributed by atoms with E-state index in [-0.39, 0.29) is 12.4 Å². The maximum absolute atomic E-state index is 6.14. The van der Waals surface area contributed by atoms with Crippen LogP contribution in [0.3, 0.4) is 0 Å². The summed E-state index contributed by atoms with van der Waals surface area (Å²) in [7, 11) is 0. The zero-order valence-electron chi connectivity index (χ0n) is 9.95. The SMILES string of the molecule is Cc1cc(C)c[n+](Cc2ccccc2Cl)c1.[Cl-]. The lowest BCUT2D eigenvalue weighted by Crippen LogP contribution is -3.00. The van der Waals surface area contributed by atoms with Crippen molar-refractivity contribution < 1.29 is 17.0 Å². The second-order valence-electron chi connectivity index (χ2n) is 4.15. The van der Waals surface area contributed by atoms with Gasteiger partial charge in [-0.05, 0) is 26.0 Å². The predicted molar refractivity (Wildman–Crippen MR) is 66.7 cm³/mol. The summed E-state index contributed by atoms with van der Waals surface area (Å²) in [5, 5.41) is 0.828. The van der Waals surface area contributed by atoms with Gasteiger partial charge < -0.3 is 12.4 Å². The van der Waals surface area contributed by atoms with Crippen molar-refractivity contribution in [3.63, 3.8) is 0 Å². The lowest BCUT2D eigenvalue weighted by molar-refractivity contribution is -0.689. The number of hydrogen-bond donors (Lipinski definition) is 0. The Morgan fingerprint density at radius 2 is 1.65 bits per heavy atom. The summed E-state index contributed by atoms with van der Waals surface area (Å²) in [6.07, 6.45) is 4.27. The van der Waals surface area contributed by atoms with Gasteiger partial charge in [0.15, 0.2) is 18.9 Å². The van der Waals surface area contributed by atoms with Crippen molar-refractivity contribution in [1.82, 2.24) is 0 Å². The van der Waals surface area contributed by atoms with E-state index in [9.17, 15) is 0 Å². The zero-order valence-corrected chi connectivity index (χ0v) is 11.5. The molecule has 2 aromatic rings. The lowest BCUT2D eigenvalue weighted by atomic mass is 10.2. The number of pyridine rings is 1. The topological polar surface area (TPSA) is 3.88 Å². The minimum Gasteiger partial charge on any atom is -1.00 e. The lowest BCUT2D eigenvalue weighted by Gasteiger charge is -2.02. The number of hydrogen-bond acceptors (Lipinski definition) is 0. The van der Waals surface area contributed by atoms with E-state index in [1.165, 1.54) is 11.1 Å². The van der Waals surface area contributed by atoms with Gasteiger partial charge in [-0.1, -0.05) is 29.8 Å². The molecule has 2 rings (SSSR count). The molecule has 1 nitrogen and oxygen atoms in total. The fourth-order valence-electron chi connectivity index (χ4n) is 1.91. The van der Waals surface area contributed by atoms with Gasteiger partial charge in [-0.3, -0.25) is 0 Å². The maximum atomic E-state index is 6.14. The van der Waals surface area contributed by atoms with Crippen LogP contribution in [0.4, 0.5) is 0 Å². The van der Waals surface area contributed by atoms with Gasteiger partial charge in [0.25, 0.3) is 0 Å². The van der Waals surface area contributed by atoms with Crippen molar-refractivity contribution >= 4 is 11.6 Å². The largest absolute Gasteiger partial charge is 1.00 e. The first-order chi connectivity index (χ1) is 7.65. The van der Waals surface area contributed by atoms with Crippen molar-refractivity contribution in [2.75, 3.05) is 0 Å². The van der Waals surface area contributed by atoms with Crippen LogP contribution in [-0.4, -0.2) is 0 Å². The molecule has 0 N–H and O–H groups in total. The summed E-state index contributed by atoms with van der Waals surface area (Å²) < 4.78 is 2.17. The average molecular weight is 268 g/mol. The van der Waals surface area contributed by atoms with E-state index in [2.05, 4.69) is 42.9 Å². The molecule has 0 amide bonds. The summed E-state index contributed by atoms with van der Waals surface area (Å²) >= 11 is 6.14. The Morgan fingerprint density at radius 3 is 2.24 bits per heavy atom. The van der Waals surface area contributed by atoms with Gasteiger partial charge in [-0.15, -0.1) is 0 Å². The molecular formula is C14H15Cl2N. The van der Waals surface area contributed by atoms with Crippen molar-refractivity contribution in [2.24, 2.45) is 0 Å². The van der Waals surface area contributed by atoms with Crippen LogP contribution in [0.15, 0.2) is 42.7 Å². The predicted octanol–water partition coefficient (Wildman–Crippen LogP) is 0.297. The fraction of sp³-hybridized carbons (Fsp3) is 0.214. The number of benzene rings is 1. The maximum Gasteiger partial charge on any atom is 0.175 e. The molecule has 1 aromatic carbocycles. The highest BCUT2D eigenvalue weighted by molar-refractivity contribution is 6.31. The first-order valence-corrected chi connectivity index (χ1v) is 5.74. The van der Waals surface area contributed by atoms with E-state index in [1.807, 2.05) is 18.2 Å². The van der Waals surface area contributed by atoms with E-state index in [0.29, 0.717) is 0 Å². The molecule has 90 valence electrons. The second-order valence-corrected chi connectivity index (χ2v) is 4.56. The standard InChI is InChI=1S/C14H15ClN.ClH/c1-11-7-12(2)9-16(8-11)10-13-5-3-4-6-14(13)15;/h3-9H,10H2,1-2H3;1H/q+1;/p-1. The third-order valence-electron chi connectivity index (χ3n) is 2.51.